The van der Waals surface area contributed by atoms with Gasteiger partial charge in [-0.15, -0.1) is 22.7 Å². The number of hydrogen-bond donors (Lipinski definition) is 1. The summed E-state index contributed by atoms with van der Waals surface area (Å²) in [6.45, 7) is 4.69. The summed E-state index contributed by atoms with van der Waals surface area (Å²) in [6.07, 6.45) is 0. The Morgan fingerprint density at radius 1 is 0.545 bits per heavy atom. The highest BCUT2D eigenvalue weighted by atomic mass is 32.1. The molecule has 1 aliphatic rings. The maximum Gasteiger partial charge on any atom is 0.0479 e. The normalized spacial score (nSPS) is 13.4. The van der Waals surface area contributed by atoms with Crippen molar-refractivity contribution >= 4 is 64.3 Å². The van der Waals surface area contributed by atoms with Crippen LogP contribution in [0.2, 0.25) is 0 Å². The number of hydrogen-bond acceptors (Lipinski definition) is 3. The van der Waals surface area contributed by atoms with Crippen LogP contribution in [0.1, 0.15) is 25.0 Å². The molecule has 0 saturated carbocycles. The summed E-state index contributed by atoms with van der Waals surface area (Å²) in [5.74, 6) is 0. The van der Waals surface area contributed by atoms with Crippen LogP contribution < -0.4 is 5.32 Å². The lowest BCUT2D eigenvalue weighted by atomic mass is 9.82. The highest BCUT2D eigenvalue weighted by Gasteiger charge is 2.35. The van der Waals surface area contributed by atoms with E-state index >= 15 is 0 Å². The first kappa shape index (κ1) is 25.8. The lowest BCUT2D eigenvalue weighted by Crippen LogP contribution is -2.15. The van der Waals surface area contributed by atoms with Gasteiger partial charge in [0, 0.05) is 58.2 Å². The van der Waals surface area contributed by atoms with Crippen LogP contribution in [-0.4, -0.2) is 0 Å². The van der Waals surface area contributed by atoms with Gasteiger partial charge in [-0.25, -0.2) is 0 Å². The monoisotopic (exact) mass is 599 g/mol. The molecule has 0 radical (unpaired) electrons. The second-order valence-electron chi connectivity index (χ2n) is 12.2. The van der Waals surface area contributed by atoms with E-state index in [4.69, 9.17) is 0 Å². The van der Waals surface area contributed by atoms with Crippen molar-refractivity contribution in [2.75, 3.05) is 5.32 Å². The smallest absolute Gasteiger partial charge is 0.0479 e. The fourth-order valence-electron chi connectivity index (χ4n) is 7.13. The van der Waals surface area contributed by atoms with E-state index in [1.54, 1.807) is 0 Å². The van der Waals surface area contributed by atoms with Crippen molar-refractivity contribution < 1.29 is 0 Å². The molecule has 0 atom stereocenters. The van der Waals surface area contributed by atoms with Gasteiger partial charge in [0.2, 0.25) is 0 Å². The van der Waals surface area contributed by atoms with Gasteiger partial charge in [0.05, 0.1) is 0 Å². The third kappa shape index (κ3) is 3.83. The molecule has 210 valence electrons. The van der Waals surface area contributed by atoms with Crippen molar-refractivity contribution in [1.82, 2.24) is 0 Å². The minimum Gasteiger partial charge on any atom is -0.355 e. The van der Waals surface area contributed by atoms with Gasteiger partial charge in [-0.3, -0.25) is 0 Å². The van der Waals surface area contributed by atoms with Crippen LogP contribution in [0.25, 0.3) is 63.6 Å². The molecule has 2 aromatic heterocycles. The first-order valence-corrected chi connectivity index (χ1v) is 16.8. The first-order chi connectivity index (χ1) is 21.6. The Morgan fingerprint density at radius 3 is 2.25 bits per heavy atom. The number of nitrogens with one attached hydrogen (secondary N) is 1. The van der Waals surface area contributed by atoms with E-state index in [2.05, 4.69) is 152 Å². The third-order valence-electron chi connectivity index (χ3n) is 9.36. The fourth-order valence-corrected chi connectivity index (χ4v) is 9.33. The van der Waals surface area contributed by atoms with Crippen molar-refractivity contribution in [2.24, 2.45) is 0 Å². The average Bonchev–Trinajstić information content (AvgIpc) is 3.72. The minimum atomic E-state index is -0.0398. The van der Waals surface area contributed by atoms with E-state index in [0.717, 1.165) is 11.4 Å². The van der Waals surface area contributed by atoms with Crippen molar-refractivity contribution in [3.05, 3.63) is 144 Å². The molecule has 0 bridgehead atoms. The highest BCUT2D eigenvalue weighted by Crippen LogP contribution is 2.51. The molecule has 2 heterocycles. The molecule has 0 spiro atoms. The molecule has 0 unspecified atom stereocenters. The Morgan fingerprint density at radius 2 is 1.34 bits per heavy atom. The van der Waals surface area contributed by atoms with E-state index in [1.165, 1.54) is 74.8 Å². The lowest BCUT2D eigenvalue weighted by Gasteiger charge is -2.22. The van der Waals surface area contributed by atoms with Crippen molar-refractivity contribution in [1.29, 1.82) is 0 Å². The molecular weight excluding hydrogens is 571 g/mol. The molecule has 0 fully saturated rings. The van der Waals surface area contributed by atoms with Crippen LogP contribution in [0.4, 0.5) is 11.4 Å². The Hall–Kier alpha value is -4.70. The molecule has 1 nitrogen and oxygen atoms in total. The maximum absolute atomic E-state index is 3.90. The van der Waals surface area contributed by atoms with E-state index in [-0.39, 0.29) is 5.41 Å². The average molecular weight is 600 g/mol. The van der Waals surface area contributed by atoms with E-state index in [0.29, 0.717) is 0 Å². The molecule has 9 rings (SSSR count). The van der Waals surface area contributed by atoms with Crippen LogP contribution >= 0.6 is 22.7 Å². The number of rotatable bonds is 4. The first-order valence-electron chi connectivity index (χ1n) is 15.1. The quantitative estimate of drug-likeness (QED) is 0.212. The fraction of sp³-hybridized carbons (Fsp3) is 0.0732. The van der Waals surface area contributed by atoms with Gasteiger partial charge in [0.25, 0.3) is 0 Å². The standard InChI is InChI=1S/C41H29NS2/c1-41(2)34-14-8-6-12-28(34)29-18-17-27(23-35(29)41)42-36-20-19-31-32-22-26(25-10-4-3-5-11-25)16-21-38(32)44-40(31)39(36)33-24-43-37-15-9-7-13-30(33)37/h3-24,42H,1-2H3. The zero-order chi connectivity index (χ0) is 29.4. The predicted octanol–water partition coefficient (Wildman–Crippen LogP) is 12.7. The van der Waals surface area contributed by atoms with Gasteiger partial charge in [0.1, 0.15) is 0 Å². The van der Waals surface area contributed by atoms with Crippen LogP contribution in [0, 0.1) is 0 Å². The second kappa shape index (κ2) is 9.65. The molecule has 1 aliphatic carbocycles. The SMILES string of the molecule is CC1(C)c2ccccc2-c2ccc(Nc3ccc4c(sc5ccc(-c6ccccc6)cc54)c3-c3csc4ccccc34)cc21. The molecular formula is C41H29NS2. The molecule has 3 heteroatoms. The van der Waals surface area contributed by atoms with Crippen LogP contribution in [0.3, 0.4) is 0 Å². The zero-order valence-electron chi connectivity index (χ0n) is 24.5. The van der Waals surface area contributed by atoms with Gasteiger partial charge >= 0.3 is 0 Å². The topological polar surface area (TPSA) is 12.0 Å². The number of benzene rings is 6. The van der Waals surface area contributed by atoms with Crippen molar-refractivity contribution in [3.63, 3.8) is 0 Å². The summed E-state index contributed by atoms with van der Waals surface area (Å²) in [7, 11) is 0. The van der Waals surface area contributed by atoms with E-state index < -0.39 is 0 Å². The van der Waals surface area contributed by atoms with Crippen molar-refractivity contribution in [2.45, 2.75) is 19.3 Å². The molecule has 1 N–H and O–H groups in total. The minimum absolute atomic E-state index is 0.0398. The third-order valence-corrected chi connectivity index (χ3v) is 11.5. The van der Waals surface area contributed by atoms with Gasteiger partial charge in [0.15, 0.2) is 0 Å². The molecule has 0 saturated heterocycles. The van der Waals surface area contributed by atoms with Gasteiger partial charge in [-0.05, 0) is 75.2 Å². The predicted molar refractivity (Wildman–Crippen MR) is 193 cm³/mol. The summed E-state index contributed by atoms with van der Waals surface area (Å²) in [5, 5.41) is 10.2. The Labute approximate surface area is 265 Å². The largest absolute Gasteiger partial charge is 0.355 e. The van der Waals surface area contributed by atoms with Crippen LogP contribution in [0.15, 0.2) is 133 Å². The second-order valence-corrected chi connectivity index (χ2v) is 14.2. The van der Waals surface area contributed by atoms with Gasteiger partial charge in [-0.2, -0.15) is 0 Å². The summed E-state index contributed by atoms with van der Waals surface area (Å²) in [6, 6.07) is 46.8. The zero-order valence-corrected chi connectivity index (χ0v) is 26.2. The lowest BCUT2D eigenvalue weighted by molar-refractivity contribution is 0.660. The molecule has 0 aliphatic heterocycles. The van der Waals surface area contributed by atoms with Crippen molar-refractivity contribution in [3.8, 4) is 33.4 Å². The summed E-state index contributed by atoms with van der Waals surface area (Å²) in [4.78, 5) is 0. The Kier molecular flexibility index (Phi) is 5.65. The maximum atomic E-state index is 3.90. The molecule has 6 aromatic carbocycles. The summed E-state index contributed by atoms with van der Waals surface area (Å²) in [5.41, 5.74) is 12.8. The van der Waals surface area contributed by atoms with Gasteiger partial charge < -0.3 is 5.32 Å². The number of fused-ring (bicyclic) bond motifs is 7. The Bertz CT molecular complexity index is 2390. The summed E-state index contributed by atoms with van der Waals surface area (Å²) >= 11 is 3.72. The van der Waals surface area contributed by atoms with Gasteiger partial charge in [-0.1, -0.05) is 105 Å². The number of anilines is 2. The van der Waals surface area contributed by atoms with Crippen LogP contribution in [0.5, 0.6) is 0 Å². The molecule has 8 aromatic rings. The molecule has 0 amide bonds. The number of thiophene rings is 2. The van der Waals surface area contributed by atoms with Crippen LogP contribution in [-0.2, 0) is 5.41 Å². The van der Waals surface area contributed by atoms with E-state index in [9.17, 15) is 0 Å². The summed E-state index contributed by atoms with van der Waals surface area (Å²) < 4.78 is 3.96. The Balaban J connectivity index is 1.24. The van der Waals surface area contributed by atoms with E-state index in [1.807, 2.05) is 22.7 Å². The molecule has 44 heavy (non-hydrogen) atoms. The highest BCUT2D eigenvalue weighted by molar-refractivity contribution is 7.26.